The number of aromatic nitrogens is 4. The number of hydrogen-bond acceptors (Lipinski definition) is 6. The summed E-state index contributed by atoms with van der Waals surface area (Å²) in [5.74, 6) is -0.0712. The van der Waals surface area contributed by atoms with Gasteiger partial charge in [-0.15, -0.1) is 0 Å². The number of halogens is 1. The number of piperidine rings is 1. The van der Waals surface area contributed by atoms with Crippen LogP contribution in [0, 0.1) is 5.82 Å². The lowest BCUT2D eigenvalue weighted by atomic mass is 9.75. The van der Waals surface area contributed by atoms with E-state index >= 15 is 0 Å². The molecule has 11 heteroatoms. The Balaban J connectivity index is 1.28. The lowest BCUT2D eigenvalue weighted by molar-refractivity contribution is -0.198. The van der Waals surface area contributed by atoms with Crippen molar-refractivity contribution in [2.24, 2.45) is 0 Å². The van der Waals surface area contributed by atoms with Gasteiger partial charge in [-0.25, -0.2) is 9.78 Å². The van der Waals surface area contributed by atoms with Crippen LogP contribution in [0.3, 0.4) is 0 Å². The highest BCUT2D eigenvalue weighted by molar-refractivity contribution is 5.81. The first-order chi connectivity index (χ1) is 17.5. The molecule has 2 aromatic heterocycles. The third kappa shape index (κ3) is 4.61. The van der Waals surface area contributed by atoms with Crippen molar-refractivity contribution in [2.45, 2.75) is 69.7 Å². The zero-order valence-corrected chi connectivity index (χ0v) is 21.2. The fraction of sp³-hybridized carbons (Fsp3) is 0.538. The summed E-state index contributed by atoms with van der Waals surface area (Å²) in [4.78, 5) is 45.4. The number of aromatic amines is 1. The number of aliphatic hydroxyl groups is 1. The highest BCUT2D eigenvalue weighted by atomic mass is 19.1. The van der Waals surface area contributed by atoms with E-state index in [1.165, 1.54) is 0 Å². The van der Waals surface area contributed by atoms with E-state index in [2.05, 4.69) is 13.8 Å². The molecule has 10 nitrogen and oxygen atoms in total. The number of benzene rings is 1. The van der Waals surface area contributed by atoms with Gasteiger partial charge in [0, 0.05) is 25.4 Å². The molecule has 1 amide bonds. The van der Waals surface area contributed by atoms with Gasteiger partial charge in [0.15, 0.2) is 0 Å². The summed E-state index contributed by atoms with van der Waals surface area (Å²) >= 11 is 0. The molecular formula is C26H32FN5O5. The predicted molar refractivity (Wildman–Crippen MR) is 134 cm³/mol. The quantitative estimate of drug-likeness (QED) is 0.550. The molecule has 2 aliphatic heterocycles. The number of carbonyl (C=O) groups is 1. The maximum Gasteiger partial charge on any atom is 0.328 e. The van der Waals surface area contributed by atoms with E-state index in [4.69, 9.17) is 9.72 Å². The highest BCUT2D eigenvalue weighted by Crippen LogP contribution is 2.43. The Bertz CT molecular complexity index is 1450. The van der Waals surface area contributed by atoms with Crippen molar-refractivity contribution in [3.05, 3.63) is 62.9 Å². The van der Waals surface area contributed by atoms with E-state index < -0.39 is 34.3 Å². The van der Waals surface area contributed by atoms with Crippen molar-refractivity contribution >= 4 is 16.9 Å². The Morgan fingerprint density at radius 1 is 1.27 bits per heavy atom. The van der Waals surface area contributed by atoms with Gasteiger partial charge in [0.1, 0.15) is 12.4 Å². The lowest BCUT2D eigenvalue weighted by Crippen LogP contribution is -2.59. The molecule has 1 aromatic carbocycles. The molecule has 198 valence electrons. The predicted octanol–water partition coefficient (Wildman–Crippen LogP) is 1.92. The van der Waals surface area contributed by atoms with E-state index in [-0.39, 0.29) is 31.4 Å². The Morgan fingerprint density at radius 2 is 1.97 bits per heavy atom. The number of imidazole rings is 1. The first kappa shape index (κ1) is 25.3. The topological polar surface area (TPSA) is 122 Å². The number of ether oxygens (including phenoxy) is 1. The summed E-state index contributed by atoms with van der Waals surface area (Å²) in [7, 11) is 0. The van der Waals surface area contributed by atoms with E-state index in [1.54, 1.807) is 6.92 Å². The number of fused-ring (bicyclic) bond motifs is 1. The van der Waals surface area contributed by atoms with Gasteiger partial charge in [-0.1, -0.05) is 26.0 Å². The van der Waals surface area contributed by atoms with Crippen LogP contribution in [-0.4, -0.2) is 65.9 Å². The second-order valence-electron chi connectivity index (χ2n) is 10.8. The molecule has 2 aliphatic rings. The summed E-state index contributed by atoms with van der Waals surface area (Å²) in [5, 5.41) is 11.3. The van der Waals surface area contributed by atoms with Crippen molar-refractivity contribution in [3.63, 3.8) is 0 Å². The van der Waals surface area contributed by atoms with Gasteiger partial charge in [0.25, 0.3) is 5.56 Å². The third-order valence-corrected chi connectivity index (χ3v) is 7.73. The SMILES string of the molecule is CC(C)c1nc2ccccc2n1CC(=O)N1CCC2(CC1)C[C@@](C)(O)[C@H](n1cc(F)c(=O)[nH]c1=O)CO2. The molecule has 0 aliphatic carbocycles. The minimum atomic E-state index is -1.39. The maximum absolute atomic E-state index is 13.9. The largest absolute Gasteiger partial charge is 0.388 e. The standard InChI is InChI=1S/C26H32FN5O5/c1-16(2)22-28-18-6-4-5-7-19(18)31(22)13-21(33)30-10-8-26(9-11-30)15-25(3,36)20(14-37-26)32-12-17(27)23(34)29-24(32)35/h4-7,12,16,20,36H,8-11,13-15H2,1-3H3,(H,29,34,35)/t20-,25-/m1/s1. The van der Waals surface area contributed by atoms with E-state index in [9.17, 15) is 23.9 Å². The van der Waals surface area contributed by atoms with Crippen LogP contribution in [0.25, 0.3) is 11.0 Å². The zero-order chi connectivity index (χ0) is 26.5. The summed E-state index contributed by atoms with van der Waals surface area (Å²) in [6.45, 7) is 6.82. The first-order valence-corrected chi connectivity index (χ1v) is 12.6. The molecule has 2 saturated heterocycles. The van der Waals surface area contributed by atoms with Crippen LogP contribution in [-0.2, 0) is 16.1 Å². The summed E-state index contributed by atoms with van der Waals surface area (Å²) in [6, 6.07) is 6.93. The molecule has 1 spiro atoms. The van der Waals surface area contributed by atoms with Crippen LogP contribution in [0.4, 0.5) is 4.39 Å². The monoisotopic (exact) mass is 513 g/mol. The van der Waals surface area contributed by atoms with Crippen molar-refractivity contribution < 1.29 is 19.0 Å². The number of nitrogens with one attached hydrogen (secondary N) is 1. The minimum absolute atomic E-state index is 0.00406. The van der Waals surface area contributed by atoms with E-state index in [1.807, 2.05) is 38.7 Å². The zero-order valence-electron chi connectivity index (χ0n) is 21.2. The van der Waals surface area contributed by atoms with E-state index in [0.29, 0.717) is 25.9 Å². The van der Waals surface area contributed by atoms with Gasteiger partial charge in [-0.2, -0.15) is 4.39 Å². The van der Waals surface area contributed by atoms with Crippen molar-refractivity contribution in [2.75, 3.05) is 19.7 Å². The van der Waals surface area contributed by atoms with Crippen LogP contribution in [0.5, 0.6) is 0 Å². The third-order valence-electron chi connectivity index (χ3n) is 7.73. The molecule has 37 heavy (non-hydrogen) atoms. The molecule has 5 rings (SSSR count). The van der Waals surface area contributed by atoms with Gasteiger partial charge in [-0.05, 0) is 31.9 Å². The van der Waals surface area contributed by atoms with Gasteiger partial charge in [-0.3, -0.25) is 19.1 Å². The van der Waals surface area contributed by atoms with Gasteiger partial charge in [0.2, 0.25) is 11.7 Å². The summed E-state index contributed by atoms with van der Waals surface area (Å²) in [5.41, 5.74) is -2.16. The number of carbonyl (C=O) groups excluding carboxylic acids is 1. The molecule has 2 atom stereocenters. The molecule has 0 saturated carbocycles. The molecular weight excluding hydrogens is 481 g/mol. The van der Waals surface area contributed by atoms with E-state index in [0.717, 1.165) is 27.6 Å². The molecule has 0 bridgehead atoms. The van der Waals surface area contributed by atoms with Crippen LogP contribution < -0.4 is 11.2 Å². The van der Waals surface area contributed by atoms with Crippen LogP contribution in [0.15, 0.2) is 40.1 Å². The van der Waals surface area contributed by atoms with Crippen molar-refractivity contribution in [3.8, 4) is 0 Å². The van der Waals surface area contributed by atoms with Gasteiger partial charge in [0.05, 0.1) is 41.1 Å². The second kappa shape index (κ2) is 9.21. The number of para-hydroxylation sites is 2. The summed E-state index contributed by atoms with van der Waals surface area (Å²) < 4.78 is 23.0. The smallest absolute Gasteiger partial charge is 0.328 e. The van der Waals surface area contributed by atoms with Crippen molar-refractivity contribution in [1.29, 1.82) is 0 Å². The van der Waals surface area contributed by atoms with Crippen LogP contribution in [0.2, 0.25) is 0 Å². The number of likely N-dealkylation sites (tertiary alicyclic amines) is 1. The normalized spacial score (nSPS) is 23.7. The number of nitrogens with zero attached hydrogens (tertiary/aromatic N) is 4. The highest BCUT2D eigenvalue weighted by Gasteiger charge is 2.50. The molecule has 3 aromatic rings. The van der Waals surface area contributed by atoms with Crippen LogP contribution in [0.1, 0.15) is 57.8 Å². The van der Waals surface area contributed by atoms with Crippen molar-refractivity contribution in [1.82, 2.24) is 24.0 Å². The minimum Gasteiger partial charge on any atom is -0.388 e. The second-order valence-corrected chi connectivity index (χ2v) is 10.8. The number of hydrogen-bond donors (Lipinski definition) is 2. The Hall–Kier alpha value is -3.31. The first-order valence-electron chi connectivity index (χ1n) is 12.6. The van der Waals surface area contributed by atoms with Gasteiger partial charge >= 0.3 is 5.69 Å². The Morgan fingerprint density at radius 3 is 2.65 bits per heavy atom. The number of amides is 1. The fourth-order valence-corrected chi connectivity index (χ4v) is 5.75. The molecule has 2 N–H and O–H groups in total. The average Bonchev–Trinajstić information content (AvgIpc) is 3.20. The summed E-state index contributed by atoms with van der Waals surface area (Å²) in [6.07, 6.45) is 2.08. The molecule has 0 unspecified atom stereocenters. The van der Waals surface area contributed by atoms with Crippen LogP contribution >= 0.6 is 0 Å². The maximum atomic E-state index is 13.9. The Kier molecular flexibility index (Phi) is 6.31. The number of rotatable bonds is 4. The average molecular weight is 514 g/mol. The Labute approximate surface area is 212 Å². The molecule has 0 radical (unpaired) electrons. The molecule has 4 heterocycles. The lowest BCUT2D eigenvalue weighted by Gasteiger charge is -2.51. The molecule has 2 fully saturated rings. The van der Waals surface area contributed by atoms with Gasteiger partial charge < -0.3 is 19.3 Å². The number of H-pyrrole nitrogens is 1. The fourth-order valence-electron chi connectivity index (χ4n) is 5.75.